The van der Waals surface area contributed by atoms with Crippen LogP contribution in [-0.2, 0) is 9.53 Å². The van der Waals surface area contributed by atoms with Crippen molar-refractivity contribution in [3.63, 3.8) is 0 Å². The number of hydrogen-bond acceptors (Lipinski definition) is 4. The van der Waals surface area contributed by atoms with Crippen LogP contribution in [0.5, 0.6) is 0 Å². The first kappa shape index (κ1) is 12.5. The van der Waals surface area contributed by atoms with Crippen LogP contribution in [0.3, 0.4) is 0 Å². The quantitative estimate of drug-likeness (QED) is 0.505. The van der Waals surface area contributed by atoms with Crippen molar-refractivity contribution in [2.45, 2.75) is 23.8 Å². The summed E-state index contributed by atoms with van der Waals surface area (Å²) in [6, 6.07) is 9.56. The topological polar surface area (TPSA) is 50.4 Å². The Morgan fingerprint density at radius 1 is 1.35 bits per heavy atom. The maximum Gasteiger partial charge on any atom is 0.325 e. The minimum absolute atomic E-state index is 0.0132. The third-order valence-electron chi connectivity index (χ3n) is 2.78. The predicted octanol–water partition coefficient (Wildman–Crippen LogP) is 1.53. The van der Waals surface area contributed by atoms with Gasteiger partial charge in [-0.25, -0.2) is 10.9 Å². The van der Waals surface area contributed by atoms with E-state index in [2.05, 4.69) is 26.8 Å². The van der Waals surface area contributed by atoms with Gasteiger partial charge in [-0.3, -0.25) is 4.79 Å². The van der Waals surface area contributed by atoms with E-state index in [-0.39, 0.29) is 22.9 Å². The van der Waals surface area contributed by atoms with Crippen molar-refractivity contribution in [2.24, 2.45) is 0 Å². The molecule has 0 aliphatic carbocycles. The number of rotatable bonds is 3. The van der Waals surface area contributed by atoms with Gasteiger partial charge in [0.15, 0.2) is 0 Å². The zero-order valence-electron chi connectivity index (χ0n) is 9.52. The number of hydrogen-bond donors (Lipinski definition) is 2. The molecule has 0 radical (unpaired) electrons. The van der Waals surface area contributed by atoms with E-state index in [1.807, 2.05) is 37.3 Å². The minimum atomic E-state index is -0.360. The summed E-state index contributed by atoms with van der Waals surface area (Å²) in [5.41, 5.74) is 7.09. The second-order valence-corrected chi connectivity index (χ2v) is 4.84. The number of alkyl halides is 1. The number of ether oxygens (including phenoxy) is 1. The molecule has 0 aromatic heterocycles. The van der Waals surface area contributed by atoms with Crippen molar-refractivity contribution >= 4 is 21.9 Å². The zero-order chi connectivity index (χ0) is 12.3. The minimum Gasteiger partial charge on any atom is -0.465 e. The Hall–Kier alpha value is -0.910. The van der Waals surface area contributed by atoms with E-state index in [1.165, 1.54) is 0 Å². The third-order valence-corrected chi connectivity index (χ3v) is 3.57. The lowest BCUT2D eigenvalue weighted by Gasteiger charge is -2.19. The van der Waals surface area contributed by atoms with Crippen LogP contribution in [-0.4, -0.2) is 23.6 Å². The first-order valence-electron chi connectivity index (χ1n) is 5.60. The molecular weight excluding hydrogens is 284 g/mol. The van der Waals surface area contributed by atoms with Crippen molar-refractivity contribution in [2.75, 3.05) is 6.61 Å². The molecule has 2 N–H and O–H groups in total. The van der Waals surface area contributed by atoms with E-state index in [1.54, 1.807) is 0 Å². The Bertz CT molecular complexity index is 385. The van der Waals surface area contributed by atoms with Crippen LogP contribution in [0.4, 0.5) is 0 Å². The van der Waals surface area contributed by atoms with Gasteiger partial charge in [0.1, 0.15) is 6.04 Å². The highest BCUT2D eigenvalue weighted by Crippen LogP contribution is 2.30. The van der Waals surface area contributed by atoms with Crippen LogP contribution in [0, 0.1) is 0 Å². The molecule has 0 amide bonds. The number of hydrazine groups is 1. The molecule has 0 saturated carbocycles. The number of carbonyl (C=O) groups excluding carboxylic acids is 1. The molecule has 1 aliphatic heterocycles. The summed E-state index contributed by atoms with van der Waals surface area (Å²) in [4.78, 5) is 11.8. The molecule has 1 aromatic rings. The molecule has 1 fully saturated rings. The maximum atomic E-state index is 11.8. The van der Waals surface area contributed by atoms with Crippen molar-refractivity contribution in [3.05, 3.63) is 35.9 Å². The lowest BCUT2D eigenvalue weighted by molar-refractivity contribution is -0.145. The van der Waals surface area contributed by atoms with Gasteiger partial charge in [-0.2, -0.15) is 0 Å². The monoisotopic (exact) mass is 298 g/mol. The molecule has 3 unspecified atom stereocenters. The summed E-state index contributed by atoms with van der Waals surface area (Å²) in [5, 5.41) is 0. The Morgan fingerprint density at radius 3 is 2.71 bits per heavy atom. The van der Waals surface area contributed by atoms with Gasteiger partial charge in [0.05, 0.1) is 11.6 Å². The molecule has 3 atom stereocenters. The highest BCUT2D eigenvalue weighted by Gasteiger charge is 2.40. The molecule has 5 heteroatoms. The van der Waals surface area contributed by atoms with Crippen LogP contribution in [0.15, 0.2) is 30.3 Å². The van der Waals surface area contributed by atoms with Crippen LogP contribution in [0.2, 0.25) is 0 Å². The summed E-state index contributed by atoms with van der Waals surface area (Å²) in [6.45, 7) is 2.20. The molecule has 17 heavy (non-hydrogen) atoms. The fourth-order valence-electron chi connectivity index (χ4n) is 1.99. The molecule has 1 heterocycles. The number of nitrogens with one attached hydrogen (secondary N) is 2. The molecule has 4 nitrogen and oxygen atoms in total. The van der Waals surface area contributed by atoms with E-state index in [4.69, 9.17) is 4.74 Å². The van der Waals surface area contributed by atoms with Crippen LogP contribution >= 0.6 is 15.9 Å². The van der Waals surface area contributed by atoms with E-state index < -0.39 is 0 Å². The SMILES string of the molecule is CCOC(=O)C1NNC(Br)C1c1ccccc1. The highest BCUT2D eigenvalue weighted by atomic mass is 79.9. The van der Waals surface area contributed by atoms with Crippen LogP contribution in [0.1, 0.15) is 18.4 Å². The number of esters is 1. The molecular formula is C12H15BrN2O2. The molecule has 2 rings (SSSR count). The second kappa shape index (κ2) is 5.62. The van der Waals surface area contributed by atoms with Gasteiger partial charge >= 0.3 is 5.97 Å². The van der Waals surface area contributed by atoms with E-state index >= 15 is 0 Å². The smallest absolute Gasteiger partial charge is 0.325 e. The summed E-state index contributed by atoms with van der Waals surface area (Å²) in [5.74, 6) is -0.203. The van der Waals surface area contributed by atoms with Crippen molar-refractivity contribution in [1.29, 1.82) is 0 Å². The Labute approximate surface area is 109 Å². The Kier molecular flexibility index (Phi) is 4.15. The average Bonchev–Trinajstić information content (AvgIpc) is 2.73. The van der Waals surface area contributed by atoms with Gasteiger partial charge in [-0.05, 0) is 12.5 Å². The standard InChI is InChI=1S/C12H15BrN2O2/c1-2-17-12(16)10-9(11(13)15-14-10)8-6-4-3-5-7-8/h3-7,9-11,14-15H,2H2,1H3. The van der Waals surface area contributed by atoms with E-state index in [0.29, 0.717) is 6.61 Å². The molecule has 0 bridgehead atoms. The largest absolute Gasteiger partial charge is 0.465 e. The van der Waals surface area contributed by atoms with Gasteiger partial charge in [0.25, 0.3) is 0 Å². The first-order chi connectivity index (χ1) is 8.24. The van der Waals surface area contributed by atoms with Crippen molar-refractivity contribution < 1.29 is 9.53 Å². The highest BCUT2D eigenvalue weighted by molar-refractivity contribution is 9.09. The normalized spacial score (nSPS) is 28.0. The van der Waals surface area contributed by atoms with Gasteiger partial charge in [0.2, 0.25) is 0 Å². The fourth-order valence-corrected chi connectivity index (χ4v) is 2.73. The zero-order valence-corrected chi connectivity index (χ0v) is 11.1. The molecule has 1 aliphatic rings. The molecule has 92 valence electrons. The van der Waals surface area contributed by atoms with Crippen molar-refractivity contribution in [1.82, 2.24) is 10.9 Å². The van der Waals surface area contributed by atoms with Crippen LogP contribution < -0.4 is 10.9 Å². The maximum absolute atomic E-state index is 11.8. The summed E-state index contributed by atoms with van der Waals surface area (Å²) >= 11 is 3.52. The summed E-state index contributed by atoms with van der Waals surface area (Å²) in [6.07, 6.45) is 0. The molecule has 1 saturated heterocycles. The first-order valence-corrected chi connectivity index (χ1v) is 6.52. The summed E-state index contributed by atoms with van der Waals surface area (Å²) < 4.78 is 5.06. The Balaban J connectivity index is 2.20. The van der Waals surface area contributed by atoms with Crippen LogP contribution in [0.25, 0.3) is 0 Å². The van der Waals surface area contributed by atoms with E-state index in [0.717, 1.165) is 5.56 Å². The second-order valence-electron chi connectivity index (χ2n) is 3.86. The molecule has 1 aromatic carbocycles. The van der Waals surface area contributed by atoms with Gasteiger partial charge < -0.3 is 4.74 Å². The average molecular weight is 299 g/mol. The Morgan fingerprint density at radius 2 is 2.06 bits per heavy atom. The lowest BCUT2D eigenvalue weighted by Crippen LogP contribution is -2.39. The van der Waals surface area contributed by atoms with E-state index in [9.17, 15) is 4.79 Å². The van der Waals surface area contributed by atoms with Gasteiger partial charge in [-0.15, -0.1) is 0 Å². The predicted molar refractivity (Wildman–Crippen MR) is 68.6 cm³/mol. The number of halogens is 1. The number of carbonyl (C=O) groups is 1. The van der Waals surface area contributed by atoms with Gasteiger partial charge in [0, 0.05) is 5.92 Å². The molecule has 0 spiro atoms. The van der Waals surface area contributed by atoms with Crippen molar-refractivity contribution in [3.8, 4) is 0 Å². The summed E-state index contributed by atoms with van der Waals surface area (Å²) in [7, 11) is 0. The number of benzene rings is 1. The fraction of sp³-hybridized carbons (Fsp3) is 0.417. The van der Waals surface area contributed by atoms with Gasteiger partial charge in [-0.1, -0.05) is 46.3 Å². The lowest BCUT2D eigenvalue weighted by atomic mass is 9.93. The third kappa shape index (κ3) is 2.68.